The summed E-state index contributed by atoms with van der Waals surface area (Å²) in [5, 5.41) is 1.58. The Morgan fingerprint density at radius 1 is 0.773 bits per heavy atom. The van der Waals surface area contributed by atoms with Crippen LogP contribution < -0.4 is 4.31 Å². The Bertz CT molecular complexity index is 1840. The molecule has 1 heterocycles. The van der Waals surface area contributed by atoms with Crippen molar-refractivity contribution < 1.29 is 13.3 Å². The summed E-state index contributed by atoms with van der Waals surface area (Å²) in [7, 11) is -4.10. The molecular formula is C37H33N3O3S. The number of aliphatic imine (C=N–C) groups is 1. The first-order valence-corrected chi connectivity index (χ1v) is 16.0. The van der Waals surface area contributed by atoms with E-state index >= 15 is 0 Å². The van der Waals surface area contributed by atoms with Gasteiger partial charge in [0.2, 0.25) is 6.23 Å². The number of hydroxylamine groups is 2. The lowest BCUT2D eigenvalue weighted by Crippen LogP contribution is -2.41. The third-order valence-electron chi connectivity index (χ3n) is 7.32. The molecule has 0 unspecified atom stereocenters. The van der Waals surface area contributed by atoms with Crippen LogP contribution in [-0.2, 0) is 21.3 Å². The van der Waals surface area contributed by atoms with E-state index in [0.29, 0.717) is 30.2 Å². The highest BCUT2D eigenvalue weighted by Gasteiger charge is 2.38. The van der Waals surface area contributed by atoms with Gasteiger partial charge in [-0.2, -0.15) is 5.06 Å². The van der Waals surface area contributed by atoms with Crippen LogP contribution in [0.15, 0.2) is 167 Å². The van der Waals surface area contributed by atoms with Gasteiger partial charge in [-0.05, 0) is 55.7 Å². The average molecular weight is 600 g/mol. The molecule has 44 heavy (non-hydrogen) atoms. The fraction of sp³-hybridized carbons (Fsp3) is 0.108. The van der Waals surface area contributed by atoms with Gasteiger partial charge in [0.25, 0.3) is 10.0 Å². The van der Waals surface area contributed by atoms with E-state index in [-0.39, 0.29) is 4.90 Å². The van der Waals surface area contributed by atoms with E-state index in [2.05, 4.69) is 12.1 Å². The van der Waals surface area contributed by atoms with Crippen molar-refractivity contribution in [2.24, 2.45) is 4.99 Å². The van der Waals surface area contributed by atoms with Crippen LogP contribution in [0.3, 0.4) is 0 Å². The van der Waals surface area contributed by atoms with Crippen LogP contribution in [0.2, 0.25) is 0 Å². The zero-order valence-corrected chi connectivity index (χ0v) is 25.2. The molecule has 0 aromatic heterocycles. The Balaban J connectivity index is 1.52. The lowest BCUT2D eigenvalue weighted by Gasteiger charge is -2.33. The van der Waals surface area contributed by atoms with Crippen LogP contribution >= 0.6 is 0 Å². The topological polar surface area (TPSA) is 62.2 Å². The molecule has 6 nitrogen and oxygen atoms in total. The number of nitrogens with zero attached hydrogens (tertiary/aromatic N) is 3. The van der Waals surface area contributed by atoms with E-state index < -0.39 is 16.3 Å². The fourth-order valence-electron chi connectivity index (χ4n) is 5.07. The minimum absolute atomic E-state index is 0.179. The molecule has 0 spiro atoms. The molecule has 5 aromatic carbocycles. The van der Waals surface area contributed by atoms with Gasteiger partial charge in [0.15, 0.2) is 11.7 Å². The van der Waals surface area contributed by atoms with Crippen molar-refractivity contribution in [2.75, 3.05) is 4.31 Å². The highest BCUT2D eigenvalue weighted by molar-refractivity contribution is 7.93. The van der Waals surface area contributed by atoms with Gasteiger partial charge in [-0.3, -0.25) is 0 Å². The second-order valence-corrected chi connectivity index (χ2v) is 12.3. The van der Waals surface area contributed by atoms with Gasteiger partial charge in [0.05, 0.1) is 10.6 Å². The predicted molar refractivity (Wildman–Crippen MR) is 175 cm³/mol. The summed E-state index contributed by atoms with van der Waals surface area (Å²) < 4.78 is 30.6. The molecule has 1 aliphatic heterocycles. The Kier molecular flexibility index (Phi) is 8.68. The second kappa shape index (κ2) is 13.1. The van der Waals surface area contributed by atoms with E-state index in [9.17, 15) is 8.42 Å². The average Bonchev–Trinajstić information content (AvgIpc) is 3.52. The monoisotopic (exact) mass is 599 g/mol. The molecule has 6 rings (SSSR count). The summed E-state index contributed by atoms with van der Waals surface area (Å²) in [6, 6.07) is 45.6. The third kappa shape index (κ3) is 6.34. The van der Waals surface area contributed by atoms with Gasteiger partial charge in [-0.25, -0.2) is 22.6 Å². The fourth-order valence-corrected chi connectivity index (χ4v) is 6.55. The van der Waals surface area contributed by atoms with E-state index in [1.807, 2.05) is 122 Å². The van der Waals surface area contributed by atoms with Gasteiger partial charge in [-0.1, -0.05) is 127 Å². The zero-order valence-electron chi connectivity index (χ0n) is 24.4. The minimum atomic E-state index is -4.10. The number of para-hydroxylation sites is 1. The zero-order chi connectivity index (χ0) is 30.4. The summed E-state index contributed by atoms with van der Waals surface area (Å²) >= 11 is 0. The molecule has 1 aliphatic rings. The lowest BCUT2D eigenvalue weighted by molar-refractivity contribution is -0.0995. The molecule has 0 saturated heterocycles. The van der Waals surface area contributed by atoms with Crippen molar-refractivity contribution in [1.29, 1.82) is 0 Å². The number of sulfonamides is 1. The number of allylic oxidation sites excluding steroid dienone is 1. The maximum Gasteiger partial charge on any atom is 0.269 e. The van der Waals surface area contributed by atoms with Crippen LogP contribution in [0.1, 0.15) is 34.9 Å². The SMILES string of the molecule is Cc1ccc(S(=O)(=O)N(/C(=C\CCc2ccccc2)N2O[C@@H](c3ccccc3)N=C2c2ccccc2)c2ccccc2)cc1. The molecule has 0 N–H and O–H groups in total. The molecule has 1 atom stereocenters. The van der Waals surface area contributed by atoms with Crippen LogP contribution in [0.5, 0.6) is 0 Å². The summed E-state index contributed by atoms with van der Waals surface area (Å²) in [5.74, 6) is 0.860. The summed E-state index contributed by atoms with van der Waals surface area (Å²) in [5.41, 5.74) is 4.27. The summed E-state index contributed by atoms with van der Waals surface area (Å²) in [6.07, 6.45) is 2.54. The minimum Gasteiger partial charge on any atom is -0.234 e. The van der Waals surface area contributed by atoms with Gasteiger partial charge in [-0.15, -0.1) is 0 Å². The van der Waals surface area contributed by atoms with Gasteiger partial charge in [0, 0.05) is 11.1 Å². The number of aryl methyl sites for hydroxylation is 2. The van der Waals surface area contributed by atoms with Crippen molar-refractivity contribution in [2.45, 2.75) is 30.9 Å². The standard InChI is InChI=1S/C37H33N3O3S/c1-29-25-27-34(28-26-29)44(41,42)40(33-22-12-5-13-23-33)35(24-14-17-30-15-6-2-7-16-30)39-36(31-18-8-3-9-19-31)38-37(43-39)32-20-10-4-11-21-32/h2-13,15-16,18-28,37H,14,17H2,1H3/b35-24-/t37-/m0/s1. The Morgan fingerprint density at radius 3 is 1.98 bits per heavy atom. The first kappa shape index (κ1) is 29.1. The van der Waals surface area contributed by atoms with Crippen molar-refractivity contribution >= 4 is 21.5 Å². The normalized spacial score (nSPS) is 15.2. The third-order valence-corrected chi connectivity index (χ3v) is 9.07. The Labute approximate surface area is 259 Å². The largest absolute Gasteiger partial charge is 0.269 e. The Morgan fingerprint density at radius 2 is 1.34 bits per heavy atom. The maximum atomic E-state index is 14.6. The number of benzene rings is 5. The van der Waals surface area contributed by atoms with Gasteiger partial charge < -0.3 is 0 Å². The van der Waals surface area contributed by atoms with Crippen molar-refractivity contribution in [3.8, 4) is 0 Å². The lowest BCUT2D eigenvalue weighted by atomic mass is 10.1. The van der Waals surface area contributed by atoms with Crippen LogP contribution in [0, 0.1) is 6.92 Å². The highest BCUT2D eigenvalue weighted by Crippen LogP contribution is 2.37. The van der Waals surface area contributed by atoms with E-state index in [1.165, 1.54) is 4.31 Å². The molecule has 0 radical (unpaired) electrons. The maximum absolute atomic E-state index is 14.6. The van der Waals surface area contributed by atoms with E-state index in [0.717, 1.165) is 22.3 Å². The Hall–Kier alpha value is -4.98. The van der Waals surface area contributed by atoms with Crippen LogP contribution in [-0.4, -0.2) is 19.3 Å². The van der Waals surface area contributed by atoms with Crippen molar-refractivity contribution in [3.05, 3.63) is 180 Å². The molecule has 0 saturated carbocycles. The van der Waals surface area contributed by atoms with E-state index in [1.54, 1.807) is 29.3 Å². The quantitative estimate of drug-likeness (QED) is 0.163. The molecule has 0 bridgehead atoms. The second-order valence-electron chi connectivity index (χ2n) is 10.5. The van der Waals surface area contributed by atoms with E-state index in [4.69, 9.17) is 9.83 Å². The molecule has 0 fully saturated rings. The van der Waals surface area contributed by atoms with Gasteiger partial charge in [0.1, 0.15) is 0 Å². The van der Waals surface area contributed by atoms with Crippen molar-refractivity contribution in [1.82, 2.24) is 5.06 Å². The number of anilines is 1. The highest BCUT2D eigenvalue weighted by atomic mass is 32.2. The first-order valence-electron chi connectivity index (χ1n) is 14.6. The molecule has 0 aliphatic carbocycles. The predicted octanol–water partition coefficient (Wildman–Crippen LogP) is 8.06. The number of rotatable bonds is 10. The summed E-state index contributed by atoms with van der Waals surface area (Å²) in [6.45, 7) is 1.94. The number of hydrogen-bond donors (Lipinski definition) is 0. The first-order chi connectivity index (χ1) is 21.5. The van der Waals surface area contributed by atoms with Crippen LogP contribution in [0.4, 0.5) is 5.69 Å². The molecule has 7 heteroatoms. The summed E-state index contributed by atoms with van der Waals surface area (Å²) in [4.78, 5) is 11.8. The van der Waals surface area contributed by atoms with Gasteiger partial charge >= 0.3 is 0 Å². The molecule has 220 valence electrons. The smallest absolute Gasteiger partial charge is 0.234 e. The molecule has 5 aromatic rings. The molecule has 0 amide bonds. The molecular weight excluding hydrogens is 566 g/mol. The van der Waals surface area contributed by atoms with Crippen molar-refractivity contribution in [3.63, 3.8) is 0 Å². The number of hydrogen-bond acceptors (Lipinski definition) is 5. The van der Waals surface area contributed by atoms with Crippen LogP contribution in [0.25, 0.3) is 0 Å². The number of amidine groups is 1.